The number of nitrogens with two attached hydrogens (primary N) is 1. The van der Waals surface area contributed by atoms with E-state index in [4.69, 9.17) is 17.3 Å². The van der Waals surface area contributed by atoms with Crippen molar-refractivity contribution in [2.75, 3.05) is 29.0 Å². The highest BCUT2D eigenvalue weighted by Crippen LogP contribution is 2.23. The number of para-hydroxylation sites is 1. The van der Waals surface area contributed by atoms with Crippen LogP contribution in [0.2, 0.25) is 5.02 Å². The number of anilines is 3. The molecule has 7 heteroatoms. The van der Waals surface area contributed by atoms with Gasteiger partial charge in [0.05, 0.1) is 6.61 Å². The molecule has 23 heavy (non-hydrogen) atoms. The van der Waals surface area contributed by atoms with E-state index >= 15 is 0 Å². The molecule has 0 aromatic heterocycles. The van der Waals surface area contributed by atoms with E-state index in [0.717, 1.165) is 5.69 Å². The van der Waals surface area contributed by atoms with Crippen LogP contribution in [0.3, 0.4) is 0 Å². The largest absolute Gasteiger partial charge is 0.392 e. The average molecular weight is 335 g/mol. The van der Waals surface area contributed by atoms with Crippen LogP contribution in [-0.2, 0) is 6.61 Å². The third-order valence-corrected chi connectivity index (χ3v) is 3.28. The number of hydrogen-bond donors (Lipinski definition) is 5. The Morgan fingerprint density at radius 1 is 1.13 bits per heavy atom. The first-order chi connectivity index (χ1) is 11.1. The Kier molecular flexibility index (Phi) is 6.22. The van der Waals surface area contributed by atoms with Crippen molar-refractivity contribution < 1.29 is 9.90 Å². The molecule has 2 rings (SSSR count). The predicted molar refractivity (Wildman–Crippen MR) is 94.0 cm³/mol. The molecule has 6 N–H and O–H groups in total. The fourth-order valence-electron chi connectivity index (χ4n) is 2.05. The lowest BCUT2D eigenvalue weighted by molar-refractivity contribution is 0.262. The van der Waals surface area contributed by atoms with Crippen LogP contribution in [0.5, 0.6) is 0 Å². The number of urea groups is 1. The molecule has 0 aliphatic rings. The quantitative estimate of drug-likeness (QED) is 0.561. The van der Waals surface area contributed by atoms with E-state index < -0.39 is 6.03 Å². The van der Waals surface area contributed by atoms with Crippen molar-refractivity contribution in [2.24, 2.45) is 5.73 Å². The topological polar surface area (TPSA) is 99.4 Å². The van der Waals surface area contributed by atoms with Gasteiger partial charge in [0.1, 0.15) is 0 Å². The lowest BCUT2D eigenvalue weighted by Crippen LogP contribution is -2.20. The van der Waals surface area contributed by atoms with Crippen LogP contribution in [0.4, 0.5) is 21.9 Å². The van der Waals surface area contributed by atoms with Gasteiger partial charge in [-0.2, -0.15) is 0 Å². The normalized spacial score (nSPS) is 10.2. The Bertz CT molecular complexity index is 679. The minimum Gasteiger partial charge on any atom is -0.392 e. The summed E-state index contributed by atoms with van der Waals surface area (Å²) in [5.74, 6) is 0. The Balaban J connectivity index is 2.06. The Hall–Kier alpha value is -2.28. The van der Waals surface area contributed by atoms with Crippen LogP contribution < -0.4 is 21.7 Å². The zero-order valence-electron chi connectivity index (χ0n) is 12.5. The third kappa shape index (κ3) is 5.14. The van der Waals surface area contributed by atoms with Crippen molar-refractivity contribution in [1.29, 1.82) is 0 Å². The molecule has 0 aliphatic carbocycles. The van der Waals surface area contributed by atoms with Crippen molar-refractivity contribution in [3.63, 3.8) is 0 Å². The van der Waals surface area contributed by atoms with Gasteiger partial charge in [-0.15, -0.1) is 0 Å². The summed E-state index contributed by atoms with van der Waals surface area (Å²) in [5.41, 5.74) is 7.96. The van der Waals surface area contributed by atoms with Gasteiger partial charge in [-0.05, 0) is 24.3 Å². The Morgan fingerprint density at radius 3 is 2.61 bits per heavy atom. The molecule has 0 saturated carbocycles. The minimum atomic E-state index is -0.419. The molecule has 2 amide bonds. The number of benzene rings is 2. The molecular formula is C16H19ClN4O2. The highest BCUT2D eigenvalue weighted by atomic mass is 35.5. The standard InChI is InChI=1S/C16H19ClN4O2/c17-12-7-13(19-6-5-18)9-14(8-12)20-16(23)21-15-4-2-1-3-11(15)10-22/h1-4,7-9,19,22H,5-6,10,18H2,(H2,20,21,23). The zero-order chi connectivity index (χ0) is 16.7. The summed E-state index contributed by atoms with van der Waals surface area (Å²) < 4.78 is 0. The minimum absolute atomic E-state index is 0.152. The summed E-state index contributed by atoms with van der Waals surface area (Å²) in [5, 5.41) is 18.3. The van der Waals surface area contributed by atoms with E-state index in [9.17, 15) is 9.90 Å². The van der Waals surface area contributed by atoms with Crippen molar-refractivity contribution in [2.45, 2.75) is 6.61 Å². The molecule has 2 aromatic rings. The van der Waals surface area contributed by atoms with E-state index in [1.54, 1.807) is 42.5 Å². The molecule has 0 saturated heterocycles. The van der Waals surface area contributed by atoms with E-state index in [0.29, 0.717) is 35.1 Å². The van der Waals surface area contributed by atoms with E-state index in [2.05, 4.69) is 16.0 Å². The number of halogens is 1. The Morgan fingerprint density at radius 2 is 1.87 bits per heavy atom. The number of aliphatic hydroxyl groups excluding tert-OH is 1. The number of rotatable bonds is 6. The van der Waals surface area contributed by atoms with Gasteiger partial charge in [0.15, 0.2) is 0 Å². The summed E-state index contributed by atoms with van der Waals surface area (Å²) in [4.78, 5) is 12.1. The summed E-state index contributed by atoms with van der Waals surface area (Å²) in [6, 6.07) is 11.8. The second-order valence-electron chi connectivity index (χ2n) is 4.84. The van der Waals surface area contributed by atoms with Gasteiger partial charge < -0.3 is 26.8 Å². The maximum atomic E-state index is 12.1. The number of aliphatic hydroxyl groups is 1. The second kappa shape index (κ2) is 8.38. The second-order valence-corrected chi connectivity index (χ2v) is 5.27. The zero-order valence-corrected chi connectivity index (χ0v) is 13.2. The van der Waals surface area contributed by atoms with Gasteiger partial charge in [-0.3, -0.25) is 0 Å². The number of nitrogens with one attached hydrogen (secondary N) is 3. The fraction of sp³-hybridized carbons (Fsp3) is 0.188. The molecule has 0 unspecified atom stereocenters. The summed E-state index contributed by atoms with van der Waals surface area (Å²) in [7, 11) is 0. The fourth-order valence-corrected chi connectivity index (χ4v) is 2.28. The molecule has 0 aliphatic heterocycles. The van der Waals surface area contributed by atoms with E-state index in [-0.39, 0.29) is 6.61 Å². The molecule has 6 nitrogen and oxygen atoms in total. The number of carbonyl (C=O) groups is 1. The molecule has 0 bridgehead atoms. The molecule has 2 aromatic carbocycles. The van der Waals surface area contributed by atoms with Gasteiger partial charge >= 0.3 is 6.03 Å². The highest BCUT2D eigenvalue weighted by Gasteiger charge is 2.07. The van der Waals surface area contributed by atoms with Gasteiger partial charge in [0.25, 0.3) is 0 Å². The molecule has 0 radical (unpaired) electrons. The van der Waals surface area contributed by atoms with Crippen LogP contribution in [0, 0.1) is 0 Å². The number of amides is 2. The molecule has 0 atom stereocenters. The lowest BCUT2D eigenvalue weighted by Gasteiger charge is -2.12. The van der Waals surface area contributed by atoms with Gasteiger partial charge in [-0.25, -0.2) is 4.79 Å². The molecule has 122 valence electrons. The van der Waals surface area contributed by atoms with Crippen LogP contribution in [0.1, 0.15) is 5.56 Å². The predicted octanol–water partition coefficient (Wildman–Crippen LogP) is 2.85. The van der Waals surface area contributed by atoms with Gasteiger partial charge in [0.2, 0.25) is 0 Å². The van der Waals surface area contributed by atoms with Crippen LogP contribution in [0.25, 0.3) is 0 Å². The molecule has 0 spiro atoms. The lowest BCUT2D eigenvalue weighted by atomic mass is 10.2. The van der Waals surface area contributed by atoms with Crippen molar-refractivity contribution in [1.82, 2.24) is 0 Å². The first-order valence-corrected chi connectivity index (χ1v) is 7.51. The Labute approximate surface area is 139 Å². The third-order valence-electron chi connectivity index (χ3n) is 3.07. The summed E-state index contributed by atoms with van der Waals surface area (Å²) in [6.07, 6.45) is 0. The number of hydrogen-bond acceptors (Lipinski definition) is 4. The van der Waals surface area contributed by atoms with Crippen LogP contribution in [0.15, 0.2) is 42.5 Å². The maximum absolute atomic E-state index is 12.1. The van der Waals surface area contributed by atoms with Crippen LogP contribution >= 0.6 is 11.6 Å². The summed E-state index contributed by atoms with van der Waals surface area (Å²) in [6.45, 7) is 0.949. The highest BCUT2D eigenvalue weighted by molar-refractivity contribution is 6.31. The van der Waals surface area contributed by atoms with Gasteiger partial charge in [0, 0.05) is 40.7 Å². The summed E-state index contributed by atoms with van der Waals surface area (Å²) >= 11 is 6.04. The monoisotopic (exact) mass is 334 g/mol. The first-order valence-electron chi connectivity index (χ1n) is 7.13. The van der Waals surface area contributed by atoms with Gasteiger partial charge in [-0.1, -0.05) is 29.8 Å². The van der Waals surface area contributed by atoms with Crippen molar-refractivity contribution in [3.8, 4) is 0 Å². The SMILES string of the molecule is NCCNc1cc(Cl)cc(NC(=O)Nc2ccccc2CO)c1. The van der Waals surface area contributed by atoms with E-state index in [1.165, 1.54) is 0 Å². The first kappa shape index (κ1) is 17.1. The average Bonchev–Trinajstić information content (AvgIpc) is 2.52. The van der Waals surface area contributed by atoms with Crippen LogP contribution in [-0.4, -0.2) is 24.2 Å². The van der Waals surface area contributed by atoms with Crippen molar-refractivity contribution in [3.05, 3.63) is 53.1 Å². The van der Waals surface area contributed by atoms with E-state index in [1.807, 2.05) is 0 Å². The molecule has 0 fully saturated rings. The van der Waals surface area contributed by atoms with Crippen molar-refractivity contribution >= 4 is 34.7 Å². The molecule has 0 heterocycles. The maximum Gasteiger partial charge on any atom is 0.323 e. The molecular weight excluding hydrogens is 316 g/mol. The smallest absolute Gasteiger partial charge is 0.323 e. The number of carbonyl (C=O) groups excluding carboxylic acids is 1.